The smallest absolute Gasteiger partial charge is 0.345 e. The van der Waals surface area contributed by atoms with E-state index in [9.17, 15) is 9.59 Å². The van der Waals surface area contributed by atoms with Gasteiger partial charge in [0, 0.05) is 0 Å². The van der Waals surface area contributed by atoms with E-state index in [2.05, 4.69) is 4.74 Å². The molecule has 0 saturated carbocycles. The number of hydrogen-bond acceptors (Lipinski definition) is 3. The molecule has 0 fully saturated rings. The summed E-state index contributed by atoms with van der Waals surface area (Å²) in [7, 11) is 1.15. The van der Waals surface area contributed by atoms with Gasteiger partial charge in [-0.15, -0.1) is 0 Å². The van der Waals surface area contributed by atoms with E-state index in [1.807, 2.05) is 43.3 Å². The fourth-order valence-electron chi connectivity index (χ4n) is 1.80. The third-order valence-electron chi connectivity index (χ3n) is 2.66. The van der Waals surface area contributed by atoms with E-state index in [4.69, 9.17) is 5.11 Å². The van der Waals surface area contributed by atoms with Gasteiger partial charge in [-0.3, -0.25) is 0 Å². The van der Waals surface area contributed by atoms with Crippen LogP contribution in [0.15, 0.2) is 59.2 Å². The van der Waals surface area contributed by atoms with Crippen molar-refractivity contribution < 1.29 is 19.4 Å². The average molecular weight is 286 g/mol. The number of esters is 1. The van der Waals surface area contributed by atoms with Crippen LogP contribution < -0.4 is 0 Å². The first kappa shape index (κ1) is 16.4. The highest BCUT2D eigenvalue weighted by molar-refractivity contribution is 6.13. The van der Waals surface area contributed by atoms with Gasteiger partial charge in [-0.25, -0.2) is 9.59 Å². The van der Waals surface area contributed by atoms with Crippen LogP contribution in [0.2, 0.25) is 0 Å². The number of carboxylic acids is 1. The van der Waals surface area contributed by atoms with Crippen LogP contribution in [0.3, 0.4) is 0 Å². The van der Waals surface area contributed by atoms with Crippen molar-refractivity contribution in [3.63, 3.8) is 0 Å². The number of hydrogen-bond donors (Lipinski definition) is 1. The van der Waals surface area contributed by atoms with E-state index in [1.54, 1.807) is 13.0 Å². The predicted octanol–water partition coefficient (Wildman–Crippen LogP) is 3.22. The molecule has 0 atom stereocenters. The number of aliphatic carboxylic acids is 1. The Morgan fingerprint density at radius 1 is 1.05 bits per heavy atom. The van der Waals surface area contributed by atoms with Gasteiger partial charge in [-0.2, -0.15) is 0 Å². The molecule has 1 aromatic carbocycles. The Balaban J connectivity index is 3.00. The molecule has 0 radical (unpaired) electrons. The molecule has 0 aliphatic carbocycles. The Labute approximate surface area is 124 Å². The normalized spacial score (nSPS) is 13.0. The first-order chi connectivity index (χ1) is 9.93. The molecule has 1 N–H and O–H groups in total. The summed E-state index contributed by atoms with van der Waals surface area (Å²) in [6, 6.07) is 9.76. The highest BCUT2D eigenvalue weighted by Crippen LogP contribution is 2.11. The second kappa shape index (κ2) is 7.85. The number of ether oxygens (including phenoxy) is 1. The summed E-state index contributed by atoms with van der Waals surface area (Å²) in [5.41, 5.74) is 2.26. The Morgan fingerprint density at radius 3 is 2.19 bits per heavy atom. The maximum absolute atomic E-state index is 11.4. The number of methoxy groups -OCH3 is 1. The second-order valence-electron chi connectivity index (χ2n) is 4.54. The first-order valence-corrected chi connectivity index (χ1v) is 6.39. The molecule has 0 aromatic heterocycles. The van der Waals surface area contributed by atoms with E-state index < -0.39 is 17.5 Å². The van der Waals surface area contributed by atoms with Crippen molar-refractivity contribution in [1.29, 1.82) is 0 Å². The van der Waals surface area contributed by atoms with Gasteiger partial charge in [-0.05, 0) is 31.1 Å². The van der Waals surface area contributed by atoms with Crippen molar-refractivity contribution in [3.05, 3.63) is 64.8 Å². The van der Waals surface area contributed by atoms with Gasteiger partial charge in [0.15, 0.2) is 0 Å². The van der Waals surface area contributed by atoms with Crippen molar-refractivity contribution in [3.8, 4) is 0 Å². The van der Waals surface area contributed by atoms with E-state index in [0.29, 0.717) is 5.57 Å². The minimum Gasteiger partial charge on any atom is -0.477 e. The summed E-state index contributed by atoms with van der Waals surface area (Å²) in [4.78, 5) is 22.4. The summed E-state index contributed by atoms with van der Waals surface area (Å²) in [5.74, 6) is -2.17. The van der Waals surface area contributed by atoms with Crippen LogP contribution in [0.4, 0.5) is 0 Å². The Bertz CT molecular complexity index is 607. The lowest BCUT2D eigenvalue weighted by Crippen LogP contribution is -2.13. The van der Waals surface area contributed by atoms with E-state index in [0.717, 1.165) is 18.2 Å². The second-order valence-corrected chi connectivity index (χ2v) is 4.54. The molecule has 0 spiro atoms. The summed E-state index contributed by atoms with van der Waals surface area (Å²) in [6.45, 7) is 3.64. The SMILES string of the molecule is COC(=O)/C(=C/C(C)=C/C(C)=C/c1ccccc1)C(=O)O. The Morgan fingerprint density at radius 2 is 1.67 bits per heavy atom. The molecule has 0 heterocycles. The standard InChI is InChI=1S/C17H18O4/c1-12(10-14-7-5-4-6-8-14)9-13(2)11-15(16(18)19)17(20)21-3/h4-11H,1-3H3,(H,18,19)/b12-10+,13-9+,15-11+. The number of allylic oxidation sites excluding steroid dienone is 4. The van der Waals surface area contributed by atoms with Crippen molar-refractivity contribution in [1.82, 2.24) is 0 Å². The van der Waals surface area contributed by atoms with Crippen LogP contribution in [-0.4, -0.2) is 24.2 Å². The summed E-state index contributed by atoms with van der Waals surface area (Å²) < 4.78 is 4.45. The zero-order chi connectivity index (χ0) is 15.8. The van der Waals surface area contributed by atoms with Crippen LogP contribution in [0.5, 0.6) is 0 Å². The molecule has 4 heteroatoms. The van der Waals surface area contributed by atoms with Crippen molar-refractivity contribution >= 4 is 18.0 Å². The van der Waals surface area contributed by atoms with E-state index in [-0.39, 0.29) is 0 Å². The molecule has 4 nitrogen and oxygen atoms in total. The van der Waals surface area contributed by atoms with Crippen LogP contribution in [0.25, 0.3) is 6.08 Å². The first-order valence-electron chi connectivity index (χ1n) is 6.39. The lowest BCUT2D eigenvalue weighted by atomic mass is 10.1. The fourth-order valence-corrected chi connectivity index (χ4v) is 1.80. The van der Waals surface area contributed by atoms with Crippen molar-refractivity contribution in [2.75, 3.05) is 7.11 Å². The fraction of sp³-hybridized carbons (Fsp3) is 0.176. The topological polar surface area (TPSA) is 63.6 Å². The minimum atomic E-state index is -1.31. The van der Waals surface area contributed by atoms with E-state index in [1.165, 1.54) is 6.08 Å². The van der Waals surface area contributed by atoms with Crippen LogP contribution in [0.1, 0.15) is 19.4 Å². The molecule has 0 amide bonds. The number of carbonyl (C=O) groups is 2. The molecule has 0 aliphatic heterocycles. The van der Waals surface area contributed by atoms with Crippen molar-refractivity contribution in [2.45, 2.75) is 13.8 Å². The highest BCUT2D eigenvalue weighted by Gasteiger charge is 2.17. The zero-order valence-corrected chi connectivity index (χ0v) is 12.3. The minimum absolute atomic E-state index is 0.390. The highest BCUT2D eigenvalue weighted by atomic mass is 16.5. The van der Waals surface area contributed by atoms with Gasteiger partial charge in [0.05, 0.1) is 7.11 Å². The molecule has 1 aromatic rings. The third-order valence-corrected chi connectivity index (χ3v) is 2.66. The molecule has 110 valence electrons. The van der Waals surface area contributed by atoms with Crippen molar-refractivity contribution in [2.24, 2.45) is 0 Å². The quantitative estimate of drug-likeness (QED) is 0.297. The summed E-state index contributed by atoms with van der Waals surface area (Å²) in [6.07, 6.45) is 5.07. The molecular weight excluding hydrogens is 268 g/mol. The van der Waals surface area contributed by atoms with Gasteiger partial charge in [0.1, 0.15) is 5.57 Å². The number of rotatable bonds is 5. The van der Waals surface area contributed by atoms with Gasteiger partial charge >= 0.3 is 11.9 Å². The van der Waals surface area contributed by atoms with Gasteiger partial charge < -0.3 is 9.84 Å². The zero-order valence-electron chi connectivity index (χ0n) is 12.3. The van der Waals surface area contributed by atoms with Gasteiger partial charge in [0.25, 0.3) is 0 Å². The summed E-state index contributed by atoms with van der Waals surface area (Å²) >= 11 is 0. The lowest BCUT2D eigenvalue weighted by molar-refractivity contribution is -0.142. The van der Waals surface area contributed by atoms with Gasteiger partial charge in [-0.1, -0.05) is 48.1 Å². The predicted molar refractivity (Wildman–Crippen MR) is 81.6 cm³/mol. The van der Waals surface area contributed by atoms with E-state index >= 15 is 0 Å². The maximum Gasteiger partial charge on any atom is 0.345 e. The Hall–Kier alpha value is -2.62. The number of benzene rings is 1. The molecule has 0 unspecified atom stereocenters. The molecule has 0 bridgehead atoms. The average Bonchev–Trinajstić information content (AvgIpc) is 2.44. The molecule has 0 saturated heterocycles. The summed E-state index contributed by atoms with van der Waals surface area (Å²) in [5, 5.41) is 8.98. The maximum atomic E-state index is 11.4. The van der Waals surface area contributed by atoms with Gasteiger partial charge in [0.2, 0.25) is 0 Å². The van der Waals surface area contributed by atoms with Crippen LogP contribution in [0, 0.1) is 0 Å². The molecule has 1 rings (SSSR count). The monoisotopic (exact) mass is 286 g/mol. The number of carbonyl (C=O) groups excluding carboxylic acids is 1. The molecule has 0 aliphatic rings. The number of carboxylic acid groups (broad SMARTS) is 1. The molecule has 21 heavy (non-hydrogen) atoms. The molecular formula is C17H18O4. The van der Waals surface area contributed by atoms with Crippen LogP contribution >= 0.6 is 0 Å². The lowest BCUT2D eigenvalue weighted by Gasteiger charge is -2.01. The van der Waals surface area contributed by atoms with Crippen LogP contribution in [-0.2, 0) is 14.3 Å². The largest absolute Gasteiger partial charge is 0.477 e. The third kappa shape index (κ3) is 5.48. The Kier molecular flexibility index (Phi) is 6.14.